The highest BCUT2D eigenvalue weighted by molar-refractivity contribution is 5.94. The van der Waals surface area contributed by atoms with Crippen LogP contribution in [0.2, 0.25) is 0 Å². The molecule has 2 saturated heterocycles. The molecule has 0 saturated carbocycles. The number of nitrogens with one attached hydrogen (secondary N) is 1. The van der Waals surface area contributed by atoms with Crippen molar-refractivity contribution in [2.45, 2.75) is 58.9 Å². The largest absolute Gasteiger partial charge is 0.354 e. The van der Waals surface area contributed by atoms with E-state index in [-0.39, 0.29) is 11.7 Å². The molecule has 0 spiro atoms. The summed E-state index contributed by atoms with van der Waals surface area (Å²) in [7, 11) is 0. The van der Waals surface area contributed by atoms with Crippen molar-refractivity contribution in [3.63, 3.8) is 0 Å². The normalized spacial score (nSPS) is 17.9. The van der Waals surface area contributed by atoms with Crippen molar-refractivity contribution < 1.29 is 4.39 Å². The Morgan fingerprint density at radius 2 is 1.82 bits per heavy atom. The number of fused-ring (bicyclic) bond motifs is 2. The lowest BCUT2D eigenvalue weighted by molar-refractivity contribution is 0.0999. The van der Waals surface area contributed by atoms with Crippen molar-refractivity contribution in [2.24, 2.45) is 0 Å². The number of rotatable bonds is 4. The highest BCUT2D eigenvalue weighted by Crippen LogP contribution is 2.40. The molecule has 6 rings (SSSR count). The third kappa shape index (κ3) is 3.22. The first-order valence-corrected chi connectivity index (χ1v) is 12.4. The minimum absolute atomic E-state index is 0.136. The van der Waals surface area contributed by atoms with Crippen molar-refractivity contribution in [1.29, 1.82) is 0 Å². The zero-order chi connectivity index (χ0) is 23.6. The molecule has 2 aliphatic heterocycles. The maximum Gasteiger partial charge on any atom is 0.175 e. The Morgan fingerprint density at radius 1 is 1.06 bits per heavy atom. The summed E-state index contributed by atoms with van der Waals surface area (Å²) in [5.74, 6) is 0.417. The van der Waals surface area contributed by atoms with Gasteiger partial charge in [-0.05, 0) is 68.8 Å². The molecule has 2 aliphatic rings. The van der Waals surface area contributed by atoms with Gasteiger partial charge in [0.15, 0.2) is 17.3 Å². The van der Waals surface area contributed by atoms with Crippen molar-refractivity contribution in [3.05, 3.63) is 41.2 Å². The number of likely N-dealkylation sites (tertiary alicyclic amines) is 1. The average Bonchev–Trinajstić information content (AvgIpc) is 3.41. The molecular formula is C26H32FN7. The van der Waals surface area contributed by atoms with E-state index in [0.29, 0.717) is 17.2 Å². The van der Waals surface area contributed by atoms with E-state index in [1.54, 1.807) is 17.0 Å². The van der Waals surface area contributed by atoms with E-state index >= 15 is 4.39 Å². The number of piperidine rings is 1. The summed E-state index contributed by atoms with van der Waals surface area (Å²) in [6.45, 7) is 12.5. The SMILES string of the molecule is Cc1c(-c2[nH]c3cnc(N4CCC(N5CCC5)CC4)c(F)c3c2C(C)C)cn2ncnc2c1C. The standard InChI is InChI=1S/C26H32FN7/c1-15(2)21-22-20(31-24(21)19-13-34-25(29-14-30-34)17(4)16(19)3)12-28-26(23(22)27)33-10-6-18(7-11-33)32-8-5-9-32/h12-15,18,31H,5-11H2,1-4H3. The predicted molar refractivity (Wildman–Crippen MR) is 133 cm³/mol. The van der Waals surface area contributed by atoms with E-state index < -0.39 is 0 Å². The topological polar surface area (TPSA) is 65.4 Å². The first-order chi connectivity index (χ1) is 16.4. The molecule has 0 aliphatic carbocycles. The van der Waals surface area contributed by atoms with Gasteiger partial charge in [0.2, 0.25) is 0 Å². The highest BCUT2D eigenvalue weighted by Gasteiger charge is 2.30. The van der Waals surface area contributed by atoms with E-state index in [1.807, 2.05) is 6.20 Å². The Labute approximate surface area is 199 Å². The van der Waals surface area contributed by atoms with Crippen LogP contribution in [0, 0.1) is 19.7 Å². The number of H-pyrrole nitrogens is 1. The molecule has 0 atom stereocenters. The molecule has 0 bridgehead atoms. The minimum atomic E-state index is -0.206. The van der Waals surface area contributed by atoms with E-state index in [1.165, 1.54) is 19.5 Å². The summed E-state index contributed by atoms with van der Waals surface area (Å²) in [5, 5.41) is 5.01. The average molecular weight is 462 g/mol. The molecule has 0 amide bonds. The summed E-state index contributed by atoms with van der Waals surface area (Å²) < 4.78 is 18.0. The molecule has 0 aromatic carbocycles. The van der Waals surface area contributed by atoms with Crippen LogP contribution in [-0.2, 0) is 0 Å². The summed E-state index contributed by atoms with van der Waals surface area (Å²) >= 11 is 0. The van der Waals surface area contributed by atoms with Gasteiger partial charge in [-0.15, -0.1) is 0 Å². The lowest BCUT2D eigenvalue weighted by Crippen LogP contribution is -2.50. The van der Waals surface area contributed by atoms with Gasteiger partial charge in [0.05, 0.1) is 17.4 Å². The molecule has 178 valence electrons. The molecule has 2 fully saturated rings. The van der Waals surface area contributed by atoms with Crippen LogP contribution in [0.15, 0.2) is 18.7 Å². The van der Waals surface area contributed by atoms with Crippen molar-refractivity contribution in [3.8, 4) is 11.3 Å². The van der Waals surface area contributed by atoms with Crippen LogP contribution < -0.4 is 4.90 Å². The lowest BCUT2D eigenvalue weighted by atomic mass is 9.94. The first kappa shape index (κ1) is 21.5. The smallest absolute Gasteiger partial charge is 0.175 e. The Bertz CT molecular complexity index is 1370. The quantitative estimate of drug-likeness (QED) is 0.472. The molecule has 1 N–H and O–H groups in total. The van der Waals surface area contributed by atoms with Gasteiger partial charge in [-0.3, -0.25) is 0 Å². The van der Waals surface area contributed by atoms with Crippen LogP contribution in [-0.4, -0.2) is 61.7 Å². The Morgan fingerprint density at radius 3 is 2.50 bits per heavy atom. The predicted octanol–water partition coefficient (Wildman–Crippen LogP) is 4.83. The van der Waals surface area contributed by atoms with Crippen LogP contribution in [0.1, 0.15) is 55.7 Å². The van der Waals surface area contributed by atoms with E-state index in [4.69, 9.17) is 0 Å². The van der Waals surface area contributed by atoms with E-state index in [0.717, 1.165) is 65.0 Å². The highest BCUT2D eigenvalue weighted by atomic mass is 19.1. The third-order valence-electron chi connectivity index (χ3n) is 7.94. The number of anilines is 1. The van der Waals surface area contributed by atoms with Gasteiger partial charge < -0.3 is 14.8 Å². The third-order valence-corrected chi connectivity index (χ3v) is 7.94. The maximum absolute atomic E-state index is 16.2. The fourth-order valence-corrected chi connectivity index (χ4v) is 5.77. The molecule has 7 nitrogen and oxygen atoms in total. The Kier molecular flexibility index (Phi) is 5.09. The maximum atomic E-state index is 16.2. The van der Waals surface area contributed by atoms with Gasteiger partial charge in [0.25, 0.3) is 0 Å². The minimum Gasteiger partial charge on any atom is -0.354 e. The number of hydrogen-bond acceptors (Lipinski definition) is 5. The van der Waals surface area contributed by atoms with Crippen molar-refractivity contribution in [2.75, 3.05) is 31.1 Å². The molecular weight excluding hydrogens is 429 g/mol. The van der Waals surface area contributed by atoms with Crippen molar-refractivity contribution >= 4 is 22.4 Å². The molecule has 0 radical (unpaired) electrons. The first-order valence-electron chi connectivity index (χ1n) is 12.4. The van der Waals surface area contributed by atoms with Crippen LogP contribution in [0.25, 0.3) is 27.8 Å². The summed E-state index contributed by atoms with van der Waals surface area (Å²) in [6.07, 6.45) is 8.83. The van der Waals surface area contributed by atoms with Gasteiger partial charge in [0.1, 0.15) is 6.33 Å². The van der Waals surface area contributed by atoms with Crippen LogP contribution in [0.5, 0.6) is 0 Å². The van der Waals surface area contributed by atoms with Gasteiger partial charge in [-0.2, -0.15) is 5.10 Å². The zero-order valence-electron chi connectivity index (χ0n) is 20.4. The van der Waals surface area contributed by atoms with Gasteiger partial charge >= 0.3 is 0 Å². The lowest BCUT2D eigenvalue weighted by Gasteiger charge is -2.43. The molecule has 34 heavy (non-hydrogen) atoms. The second kappa shape index (κ2) is 8.05. The van der Waals surface area contributed by atoms with Crippen LogP contribution in [0.3, 0.4) is 0 Å². The number of halogens is 1. The summed E-state index contributed by atoms with van der Waals surface area (Å²) in [6, 6.07) is 0.639. The number of aryl methyl sites for hydroxylation is 1. The molecule has 6 heterocycles. The summed E-state index contributed by atoms with van der Waals surface area (Å²) in [5.41, 5.74) is 6.74. The molecule has 0 unspecified atom stereocenters. The van der Waals surface area contributed by atoms with Gasteiger partial charge in [-0.1, -0.05) is 13.8 Å². The van der Waals surface area contributed by atoms with Crippen LogP contribution >= 0.6 is 0 Å². The number of aromatic amines is 1. The number of aromatic nitrogens is 5. The summed E-state index contributed by atoms with van der Waals surface area (Å²) in [4.78, 5) is 17.2. The molecule has 4 aromatic rings. The van der Waals surface area contributed by atoms with E-state index in [2.05, 4.69) is 57.5 Å². The van der Waals surface area contributed by atoms with Gasteiger partial charge in [-0.25, -0.2) is 18.9 Å². The number of nitrogens with zero attached hydrogens (tertiary/aromatic N) is 6. The molecule has 4 aromatic heterocycles. The Balaban J connectivity index is 1.44. The Hall–Kier alpha value is -3.00. The van der Waals surface area contributed by atoms with Crippen molar-refractivity contribution in [1.82, 2.24) is 29.5 Å². The fraction of sp³-hybridized carbons (Fsp3) is 0.500. The monoisotopic (exact) mass is 461 g/mol. The second-order valence-corrected chi connectivity index (χ2v) is 10.2. The second-order valence-electron chi connectivity index (χ2n) is 10.2. The van der Waals surface area contributed by atoms with E-state index in [9.17, 15) is 0 Å². The molecule has 8 heteroatoms. The zero-order valence-corrected chi connectivity index (χ0v) is 20.4. The van der Waals surface area contributed by atoms with Crippen LogP contribution in [0.4, 0.5) is 10.2 Å². The fourth-order valence-electron chi connectivity index (χ4n) is 5.77. The van der Waals surface area contributed by atoms with Gasteiger partial charge in [0, 0.05) is 36.3 Å². The number of hydrogen-bond donors (Lipinski definition) is 1. The number of pyridine rings is 2.